The number of para-hydroxylation sites is 1. The highest BCUT2D eigenvalue weighted by Gasteiger charge is 2.43. The normalized spacial score (nSPS) is 18.4. The van der Waals surface area contributed by atoms with Gasteiger partial charge in [0.25, 0.3) is 11.8 Å². The van der Waals surface area contributed by atoms with Crippen LogP contribution in [0.1, 0.15) is 53.4 Å². The molecule has 1 aromatic carbocycles. The van der Waals surface area contributed by atoms with E-state index in [0.29, 0.717) is 42.8 Å². The van der Waals surface area contributed by atoms with Crippen LogP contribution in [-0.4, -0.2) is 45.3 Å². The average Bonchev–Trinajstić information content (AvgIpc) is 3.12. The molecule has 0 unspecified atom stereocenters. The lowest BCUT2D eigenvalue weighted by Crippen LogP contribution is -2.61. The minimum Gasteiger partial charge on any atom is -0.467 e. The zero-order chi connectivity index (χ0) is 18.3. The fourth-order valence-electron chi connectivity index (χ4n) is 3.46. The van der Waals surface area contributed by atoms with E-state index in [9.17, 15) is 9.59 Å². The van der Waals surface area contributed by atoms with Crippen LogP contribution in [0.25, 0.3) is 0 Å². The zero-order valence-corrected chi connectivity index (χ0v) is 14.9. The van der Waals surface area contributed by atoms with Crippen LogP contribution in [0.4, 0.5) is 0 Å². The molecule has 0 aliphatic carbocycles. The Morgan fingerprint density at radius 2 is 2.00 bits per heavy atom. The van der Waals surface area contributed by atoms with Gasteiger partial charge in [-0.2, -0.15) is 5.10 Å². The van der Waals surface area contributed by atoms with Crippen LogP contribution in [0.2, 0.25) is 0 Å². The van der Waals surface area contributed by atoms with E-state index in [-0.39, 0.29) is 17.9 Å². The highest BCUT2D eigenvalue weighted by molar-refractivity contribution is 5.98. The summed E-state index contributed by atoms with van der Waals surface area (Å²) >= 11 is 0. The second-order valence-corrected chi connectivity index (χ2v) is 7.14. The fraction of sp³-hybridized carbons (Fsp3) is 0.421. The number of carbonyl (C=O) groups excluding carboxylic acids is 2. The van der Waals surface area contributed by atoms with Gasteiger partial charge in [-0.1, -0.05) is 12.1 Å². The van der Waals surface area contributed by atoms with Gasteiger partial charge in [-0.3, -0.25) is 14.3 Å². The van der Waals surface area contributed by atoms with Crippen LogP contribution in [0.3, 0.4) is 0 Å². The third kappa shape index (κ3) is 2.83. The van der Waals surface area contributed by atoms with Crippen molar-refractivity contribution >= 4 is 11.8 Å². The maximum atomic E-state index is 12.7. The molecule has 0 bridgehead atoms. The van der Waals surface area contributed by atoms with Crippen LogP contribution in [-0.2, 0) is 0 Å². The number of aromatic nitrogens is 2. The highest BCUT2D eigenvalue weighted by atomic mass is 16.5. The number of ether oxygens (including phenoxy) is 1. The van der Waals surface area contributed by atoms with E-state index in [0.717, 1.165) is 0 Å². The average molecular weight is 354 g/mol. The van der Waals surface area contributed by atoms with Crippen molar-refractivity contribution in [2.45, 2.75) is 38.5 Å². The smallest absolute Gasteiger partial charge is 0.258 e. The molecule has 1 saturated heterocycles. The standard InChI is InChI=1S/C19H22N4O3/c1-13(2)23-12-14(11-20-23)18(25)22-9-7-19(8-10-22)21-17(24)15-5-3-4-6-16(15)26-19/h3-6,11-13H,7-10H2,1-2H3,(H,21,24). The lowest BCUT2D eigenvalue weighted by molar-refractivity contribution is -0.0245. The van der Waals surface area contributed by atoms with Crippen molar-refractivity contribution in [3.8, 4) is 5.75 Å². The Kier molecular flexibility index (Phi) is 3.94. The molecule has 3 heterocycles. The first-order valence-electron chi connectivity index (χ1n) is 8.91. The zero-order valence-electron chi connectivity index (χ0n) is 14.9. The van der Waals surface area contributed by atoms with Gasteiger partial charge in [0.2, 0.25) is 0 Å². The Morgan fingerprint density at radius 1 is 1.27 bits per heavy atom. The molecule has 0 atom stereocenters. The van der Waals surface area contributed by atoms with E-state index in [4.69, 9.17) is 4.74 Å². The quantitative estimate of drug-likeness (QED) is 0.897. The van der Waals surface area contributed by atoms with Crippen molar-refractivity contribution in [1.29, 1.82) is 0 Å². The van der Waals surface area contributed by atoms with Crippen LogP contribution >= 0.6 is 0 Å². The number of benzene rings is 1. The number of likely N-dealkylation sites (tertiary alicyclic amines) is 1. The number of hydrogen-bond acceptors (Lipinski definition) is 4. The summed E-state index contributed by atoms with van der Waals surface area (Å²) in [5.74, 6) is 0.452. The predicted molar refractivity (Wildman–Crippen MR) is 95.0 cm³/mol. The number of amides is 2. The Balaban J connectivity index is 1.46. The Morgan fingerprint density at radius 3 is 2.69 bits per heavy atom. The number of hydrogen-bond donors (Lipinski definition) is 1. The van der Waals surface area contributed by atoms with Gasteiger partial charge in [-0.05, 0) is 26.0 Å². The number of fused-ring (bicyclic) bond motifs is 1. The third-order valence-corrected chi connectivity index (χ3v) is 5.01. The number of carbonyl (C=O) groups is 2. The van der Waals surface area contributed by atoms with E-state index in [1.54, 1.807) is 28.0 Å². The summed E-state index contributed by atoms with van der Waals surface area (Å²) in [5.41, 5.74) is 0.413. The van der Waals surface area contributed by atoms with Gasteiger partial charge in [0.1, 0.15) is 5.75 Å². The largest absolute Gasteiger partial charge is 0.467 e. The third-order valence-electron chi connectivity index (χ3n) is 5.01. The molecule has 26 heavy (non-hydrogen) atoms. The number of nitrogens with one attached hydrogen (secondary N) is 1. The number of rotatable bonds is 2. The molecule has 0 saturated carbocycles. The fourth-order valence-corrected chi connectivity index (χ4v) is 3.46. The molecule has 2 aromatic rings. The molecule has 1 N–H and O–H groups in total. The highest BCUT2D eigenvalue weighted by Crippen LogP contribution is 2.33. The Bertz CT molecular complexity index is 850. The molecule has 4 rings (SSSR count). The summed E-state index contributed by atoms with van der Waals surface area (Å²) in [6.07, 6.45) is 4.50. The Labute approximate surface area is 151 Å². The van der Waals surface area contributed by atoms with Crippen LogP contribution in [0.5, 0.6) is 5.75 Å². The molecule has 2 aliphatic heterocycles. The van der Waals surface area contributed by atoms with Crippen molar-refractivity contribution in [3.63, 3.8) is 0 Å². The van der Waals surface area contributed by atoms with Gasteiger partial charge in [0.05, 0.1) is 17.3 Å². The minimum atomic E-state index is -0.732. The predicted octanol–water partition coefficient (Wildman–Crippen LogP) is 2.22. The molecule has 1 spiro atoms. The van der Waals surface area contributed by atoms with E-state index >= 15 is 0 Å². The van der Waals surface area contributed by atoms with E-state index in [1.807, 2.05) is 32.0 Å². The van der Waals surface area contributed by atoms with Crippen molar-refractivity contribution in [2.24, 2.45) is 0 Å². The van der Waals surface area contributed by atoms with Crippen LogP contribution in [0, 0.1) is 0 Å². The lowest BCUT2D eigenvalue weighted by Gasteiger charge is -2.44. The molecule has 2 amide bonds. The number of nitrogens with zero attached hydrogens (tertiary/aromatic N) is 3. The summed E-state index contributed by atoms with van der Waals surface area (Å²) in [6.45, 7) is 5.09. The van der Waals surface area contributed by atoms with Crippen molar-refractivity contribution in [3.05, 3.63) is 47.8 Å². The topological polar surface area (TPSA) is 76.5 Å². The van der Waals surface area contributed by atoms with E-state index < -0.39 is 5.72 Å². The van der Waals surface area contributed by atoms with Gasteiger partial charge >= 0.3 is 0 Å². The monoisotopic (exact) mass is 354 g/mol. The van der Waals surface area contributed by atoms with Crippen molar-refractivity contribution < 1.29 is 14.3 Å². The minimum absolute atomic E-state index is 0.0331. The molecule has 136 valence electrons. The van der Waals surface area contributed by atoms with Gasteiger partial charge in [0, 0.05) is 38.2 Å². The SMILES string of the molecule is CC(C)n1cc(C(=O)N2CCC3(CC2)NC(=O)c2ccccc2O3)cn1. The van der Waals surface area contributed by atoms with Crippen LogP contribution < -0.4 is 10.1 Å². The van der Waals surface area contributed by atoms with Gasteiger partial charge in [-0.15, -0.1) is 0 Å². The maximum absolute atomic E-state index is 12.7. The second kappa shape index (κ2) is 6.16. The molecule has 0 radical (unpaired) electrons. The molecular formula is C19H22N4O3. The van der Waals surface area contributed by atoms with Crippen molar-refractivity contribution in [1.82, 2.24) is 20.0 Å². The van der Waals surface area contributed by atoms with Gasteiger partial charge in [-0.25, -0.2) is 0 Å². The van der Waals surface area contributed by atoms with Gasteiger partial charge < -0.3 is 15.0 Å². The molecular weight excluding hydrogens is 332 g/mol. The maximum Gasteiger partial charge on any atom is 0.258 e. The molecule has 7 nitrogen and oxygen atoms in total. The Hall–Kier alpha value is -2.83. The van der Waals surface area contributed by atoms with Crippen molar-refractivity contribution in [2.75, 3.05) is 13.1 Å². The molecule has 1 fully saturated rings. The molecule has 2 aliphatic rings. The molecule has 1 aromatic heterocycles. The summed E-state index contributed by atoms with van der Waals surface area (Å²) in [6, 6.07) is 7.46. The molecule has 7 heteroatoms. The first kappa shape index (κ1) is 16.6. The lowest BCUT2D eigenvalue weighted by atomic mass is 9.96. The summed E-state index contributed by atoms with van der Waals surface area (Å²) in [7, 11) is 0. The van der Waals surface area contributed by atoms with Crippen LogP contribution in [0.15, 0.2) is 36.7 Å². The van der Waals surface area contributed by atoms with E-state index in [2.05, 4.69) is 10.4 Å². The second-order valence-electron chi connectivity index (χ2n) is 7.14. The summed E-state index contributed by atoms with van der Waals surface area (Å²) in [5, 5.41) is 7.23. The first-order chi connectivity index (χ1) is 12.5. The first-order valence-corrected chi connectivity index (χ1v) is 8.91. The van der Waals surface area contributed by atoms with E-state index in [1.165, 1.54) is 0 Å². The van der Waals surface area contributed by atoms with Gasteiger partial charge in [0.15, 0.2) is 5.72 Å². The summed E-state index contributed by atoms with van der Waals surface area (Å²) in [4.78, 5) is 26.9. The number of piperidine rings is 1. The summed E-state index contributed by atoms with van der Waals surface area (Å²) < 4.78 is 7.89.